The minimum Gasteiger partial charge on any atom is -0.303 e. The third kappa shape index (κ3) is 41.3. The summed E-state index contributed by atoms with van der Waals surface area (Å²) < 4.78 is 282. The van der Waals surface area contributed by atoms with Crippen molar-refractivity contribution in [3.63, 3.8) is 0 Å². The quantitative estimate of drug-likeness (QED) is 0.0267. The van der Waals surface area contributed by atoms with Gasteiger partial charge in [0.25, 0.3) is 0 Å². The molecule has 0 rings (SSSR count). The number of rotatable bonds is 40. The zero-order valence-corrected chi connectivity index (χ0v) is 54.7. The summed E-state index contributed by atoms with van der Waals surface area (Å²) in [5.74, 6) is 0. The Morgan fingerprint density at radius 3 is 0.386 bits per heavy atom. The van der Waals surface area contributed by atoms with Crippen LogP contribution in [-0.4, -0.2) is 135 Å². The summed E-state index contributed by atoms with van der Waals surface area (Å²) in [5.41, 5.74) is 0. The molecule has 0 aliphatic carbocycles. The van der Waals surface area contributed by atoms with Crippen molar-refractivity contribution >= 4 is 158 Å². The van der Waals surface area contributed by atoms with Gasteiger partial charge in [-0.1, -0.05) is 0 Å². The van der Waals surface area contributed by atoms with Crippen LogP contribution in [0.5, 0.6) is 0 Å². The first-order valence-corrected chi connectivity index (χ1v) is 47.5. The fourth-order valence-electron chi connectivity index (χ4n) is 3.73. The van der Waals surface area contributed by atoms with Gasteiger partial charge in [0.15, 0.2) is 0 Å². The van der Waals surface area contributed by atoms with E-state index < -0.39 is 177 Å². The van der Waals surface area contributed by atoms with Crippen LogP contribution in [-0.2, 0) is 159 Å². The van der Waals surface area contributed by atoms with Crippen LogP contribution in [0.1, 0.15) is 6.42 Å². The Bertz CT molecular complexity index is 2700. The summed E-state index contributed by atoms with van der Waals surface area (Å²) in [6.07, 6.45) is -2.76. The summed E-state index contributed by atoms with van der Waals surface area (Å²) in [6, 6.07) is -6.15. The molecule has 0 fully saturated rings. The molecule has 0 radical (unpaired) electrons. The van der Waals surface area contributed by atoms with Gasteiger partial charge in [-0.15, -0.1) is 0 Å². The Morgan fingerprint density at radius 1 is 0.181 bits per heavy atom. The van der Waals surface area contributed by atoms with E-state index in [4.69, 9.17) is 58.7 Å². The van der Waals surface area contributed by atoms with Gasteiger partial charge in [-0.05, 0) is 6.42 Å². The van der Waals surface area contributed by atoms with Crippen LogP contribution in [0.15, 0.2) is 0 Å². The molecule has 0 heterocycles. The molecule has 12 atom stereocenters. The van der Waals surface area contributed by atoms with E-state index in [1.165, 1.54) is 0 Å². The first-order chi connectivity index (χ1) is 35.4. The highest BCUT2D eigenvalue weighted by Gasteiger charge is 2.65. The zero-order chi connectivity index (χ0) is 66.8. The fraction of sp³-hybridized carbons (Fsp3) is 1.00. The lowest BCUT2D eigenvalue weighted by molar-refractivity contribution is 0.140. The molecule has 83 heavy (non-hydrogen) atoms. The van der Waals surface area contributed by atoms with E-state index in [2.05, 4.69) is 77.0 Å². The summed E-state index contributed by atoms with van der Waals surface area (Å²) in [4.78, 5) is 227. The molecule has 0 aromatic carbocycles. The van der Waals surface area contributed by atoms with Crippen molar-refractivity contribution in [1.82, 2.24) is 0 Å². The molecule has 80 heteroatoms. The number of hydrogen-bond acceptors (Lipinski definition) is 36. The average molecular weight is 1640 g/mol. The second-order valence-corrected chi connectivity index (χ2v) is 45.4. The van der Waals surface area contributed by atoms with Gasteiger partial charge in [-0.2, -0.15) is 51.7 Å². The van der Waals surface area contributed by atoms with Crippen LogP contribution in [0.2, 0.25) is 12.1 Å². The first-order valence-electron chi connectivity index (χ1n) is 16.5. The summed E-state index contributed by atoms with van der Waals surface area (Å²) in [6.45, 7) is 0. The third-order valence-electron chi connectivity index (χ3n) is 4.99. The van der Waals surface area contributed by atoms with Crippen LogP contribution in [0.3, 0.4) is 0 Å². The van der Waals surface area contributed by atoms with Crippen molar-refractivity contribution in [2.24, 2.45) is 0 Å². The third-order valence-corrected chi connectivity index (χ3v) is 39.1. The molecule has 0 bridgehead atoms. The van der Waals surface area contributed by atoms with E-state index in [0.717, 1.165) is 0 Å². The molecule has 0 aliphatic rings. The summed E-state index contributed by atoms with van der Waals surface area (Å²) in [7, 11) is -146. The van der Waals surface area contributed by atoms with Crippen LogP contribution in [0.4, 0.5) is 0 Å². The molecule has 12 unspecified atom stereocenters. The summed E-state index contributed by atoms with van der Waals surface area (Å²) in [5, 5.41) is 0. The molecule has 0 saturated carbocycles. The summed E-state index contributed by atoms with van der Waals surface area (Å²) >= 11 is 0. The smallest absolute Gasteiger partial charge is 0.303 e. The number of hydrogen-bond donors (Lipinski definition) is 24. The van der Waals surface area contributed by atoms with Gasteiger partial charge >= 0.3 is 158 Å². The maximum absolute atomic E-state index is 13.2. The van der Waals surface area contributed by atoms with Crippen LogP contribution < -0.4 is 0 Å². The molecular formula is C3H30O60P18Si2. The zero-order valence-electron chi connectivity index (χ0n) is 36.6. The first kappa shape index (κ1) is 85.9. The molecule has 0 aromatic rings. The van der Waals surface area contributed by atoms with Crippen molar-refractivity contribution in [3.8, 4) is 0 Å². The molecule has 24 N–H and O–H groups in total. The highest BCUT2D eigenvalue weighted by Crippen LogP contribution is 2.76. The van der Waals surface area contributed by atoms with Gasteiger partial charge in [0.05, 0.1) is 0 Å². The fourth-order valence-corrected chi connectivity index (χ4v) is 36.2. The van der Waals surface area contributed by atoms with Gasteiger partial charge < -0.3 is 117 Å². The Morgan fingerprint density at radius 2 is 0.289 bits per heavy atom. The molecule has 0 spiro atoms. The highest BCUT2D eigenvalue weighted by atomic mass is 31.3. The lowest BCUT2D eigenvalue weighted by Gasteiger charge is -2.34. The van der Waals surface area contributed by atoms with Crippen molar-refractivity contribution in [1.29, 1.82) is 0 Å². The number of phosphoric acid groups is 18. The van der Waals surface area contributed by atoms with Crippen LogP contribution in [0.25, 0.3) is 0 Å². The van der Waals surface area contributed by atoms with Crippen molar-refractivity contribution < 1.29 is 277 Å². The Labute approximate surface area is 452 Å². The van der Waals surface area contributed by atoms with Gasteiger partial charge in [-0.25, -0.2) is 82.2 Å². The average Bonchev–Trinajstić information content (AvgIpc) is 2.95. The van der Waals surface area contributed by atoms with Crippen molar-refractivity contribution in [3.05, 3.63) is 0 Å². The lowest BCUT2D eigenvalue weighted by atomic mass is 10.6. The van der Waals surface area contributed by atoms with Crippen molar-refractivity contribution in [2.45, 2.75) is 18.5 Å². The van der Waals surface area contributed by atoms with E-state index in [1.807, 2.05) is 0 Å². The normalized spacial score (nSPS) is 24.0. The van der Waals surface area contributed by atoms with E-state index in [9.17, 15) is 141 Å². The monoisotopic (exact) mass is 1640 g/mol. The predicted molar refractivity (Wildman–Crippen MR) is 235 cm³/mol. The molecular weight excluding hydrogens is 1610 g/mol. The SMILES string of the molecule is O=P(O)(O)OP(=O)(O)OP(=O)(O)O[Si](CCC[Si](OP(=O)(O)OP(=O)(O)OP(=O)(O)O)(OP(=O)(O)OP(=O)(O)OP(=O)(O)O)OP(=O)(O)OP(=O)(O)OP(=O)(O)O)(OP(=O)(O)OP(=O)(O)OP(=O)(O)O)OP(=O)(O)OP(=O)(O)OP(=O)(O)O. The Kier molecular flexibility index (Phi) is 29.9. The second kappa shape index (κ2) is 28.9. The molecule has 0 saturated heterocycles. The van der Waals surface area contributed by atoms with E-state index in [0.29, 0.717) is 0 Å². The molecule has 60 nitrogen and oxygen atoms in total. The topological polar surface area (TPSA) is 959 Å². The maximum atomic E-state index is 13.2. The van der Waals surface area contributed by atoms with E-state index >= 15 is 0 Å². The van der Waals surface area contributed by atoms with E-state index in [1.54, 1.807) is 0 Å². The van der Waals surface area contributed by atoms with Gasteiger partial charge in [-0.3, -0.25) is 25.3 Å². The van der Waals surface area contributed by atoms with Crippen LogP contribution >= 0.6 is 141 Å². The Hall–Kier alpha value is 2.89. The minimum absolute atomic E-state index is 2.76. The maximum Gasteiger partial charge on any atom is 0.526 e. The van der Waals surface area contributed by atoms with E-state index in [-0.39, 0.29) is 0 Å². The van der Waals surface area contributed by atoms with Crippen LogP contribution in [0, 0.1) is 0 Å². The minimum atomic E-state index is -8.21. The standard InChI is InChI=1S/C3H30O60P18Si2/c4-64(5,6)46-70(22,23)52-76(34,35)58-82(59-77(36,37)53-71(24,25)47-65(7,8)9,60-78(38,39)54-72(26,27)48-66(10,11)12)2-1-3-83(61-79(40,41)55-73(28,29)49-67(13,14)15,62-80(42,43)56-74(30,31)50-68(16,17)18)63-81(44,45)57-75(32,33)51-69(19,20)21/h1-3H2,(H,22,23)(H,24,25)(H,26,27)(H,28,29)(H,30,31)(H,32,33)(H,34,35)(H,36,37)(H,38,39)(H,40,41)(H,42,43)(H,44,45)(H2,4,5,6)(H2,7,8,9)(H2,10,11,12)(H2,13,14,15)(H2,16,17,18)(H2,19,20,21). The predicted octanol–water partition coefficient (Wildman–Crippen LogP) is -0.686. The highest BCUT2D eigenvalue weighted by molar-refractivity contribution is 7.71. The van der Waals surface area contributed by atoms with Gasteiger partial charge in [0.1, 0.15) is 0 Å². The van der Waals surface area contributed by atoms with Gasteiger partial charge in [0, 0.05) is 12.1 Å². The molecule has 0 aromatic heterocycles. The Balaban J connectivity index is 9.39. The van der Waals surface area contributed by atoms with Gasteiger partial charge in [0.2, 0.25) is 0 Å². The second-order valence-electron chi connectivity index (χ2n) is 12.3. The largest absolute Gasteiger partial charge is 0.526 e. The molecule has 0 amide bonds. The van der Waals surface area contributed by atoms with Crippen molar-refractivity contribution in [2.75, 3.05) is 0 Å². The molecule has 500 valence electrons. The molecule has 0 aliphatic heterocycles. The lowest BCUT2D eigenvalue weighted by Crippen LogP contribution is -2.46.